The van der Waals surface area contributed by atoms with Crippen molar-refractivity contribution in [3.05, 3.63) is 24.3 Å². The zero-order valence-corrected chi connectivity index (χ0v) is 8.97. The van der Waals surface area contributed by atoms with Crippen LogP contribution >= 0.6 is 0 Å². The van der Waals surface area contributed by atoms with Crippen molar-refractivity contribution in [3.63, 3.8) is 0 Å². The Morgan fingerprint density at radius 2 is 1.82 bits per heavy atom. The molecule has 56 valence electrons. The molecule has 11 heavy (non-hydrogen) atoms. The van der Waals surface area contributed by atoms with Gasteiger partial charge in [-0.05, 0) is 24.3 Å². The number of nitrogens with two attached hydrogens (primary N) is 1. The second-order valence-electron chi connectivity index (χ2n) is 1.82. The van der Waals surface area contributed by atoms with Crippen LogP contribution in [-0.4, -0.2) is 8.76 Å². The van der Waals surface area contributed by atoms with E-state index in [-0.39, 0.29) is 31.0 Å². The number of hydrogen-bond donors (Lipinski definition) is 2. The quantitative estimate of drug-likeness (QED) is 0.298. The van der Waals surface area contributed by atoms with E-state index in [0.717, 1.165) is 0 Å². The Bertz CT molecular complexity index is 254. The van der Waals surface area contributed by atoms with Gasteiger partial charge in [0.15, 0.2) is 11.1 Å². The molecular weight excluding hydrogens is 173 g/mol. The van der Waals surface area contributed by atoms with E-state index < -0.39 is 11.1 Å². The summed E-state index contributed by atoms with van der Waals surface area (Å²) in [5.41, 5.74) is 5.94. The molecule has 0 saturated heterocycles. The van der Waals surface area contributed by atoms with Crippen LogP contribution < -0.4 is 35.3 Å². The van der Waals surface area contributed by atoms with E-state index in [1.165, 1.54) is 12.1 Å². The molecule has 0 aromatic heterocycles. The molecule has 1 atom stereocenters. The largest absolute Gasteiger partial charge is 1.00 e. The van der Waals surface area contributed by atoms with Crippen LogP contribution in [0.3, 0.4) is 0 Å². The van der Waals surface area contributed by atoms with Gasteiger partial charge in [0.1, 0.15) is 0 Å². The molecule has 1 rings (SSSR count). The molecule has 5 heteroatoms. The molecule has 0 spiro atoms. The first-order chi connectivity index (χ1) is 4.70. The number of anilines is 1. The van der Waals surface area contributed by atoms with Crippen LogP contribution in [0.25, 0.3) is 0 Å². The predicted octanol–water partition coefficient (Wildman–Crippen LogP) is -2.03. The smallest absolute Gasteiger partial charge is 1.00 e. The van der Waals surface area contributed by atoms with Crippen molar-refractivity contribution in [1.29, 1.82) is 0 Å². The van der Waals surface area contributed by atoms with Gasteiger partial charge in [0, 0.05) is 5.69 Å². The summed E-state index contributed by atoms with van der Waals surface area (Å²) >= 11 is -1.89. The molecule has 0 heterocycles. The topological polar surface area (TPSA) is 63.3 Å². The van der Waals surface area contributed by atoms with E-state index in [1.54, 1.807) is 12.1 Å². The summed E-state index contributed by atoms with van der Waals surface area (Å²) in [4.78, 5) is 0.370. The fraction of sp³-hybridized carbons (Fsp3) is 0. The molecule has 0 fully saturated rings. The molecule has 0 aliphatic rings. The van der Waals surface area contributed by atoms with Crippen molar-refractivity contribution in [3.8, 4) is 0 Å². The van der Waals surface area contributed by atoms with E-state index in [1.807, 2.05) is 0 Å². The van der Waals surface area contributed by atoms with Crippen LogP contribution in [0.15, 0.2) is 29.2 Å². The van der Waals surface area contributed by atoms with E-state index >= 15 is 0 Å². The Morgan fingerprint density at radius 3 is 2.18 bits per heavy atom. The van der Waals surface area contributed by atoms with Crippen molar-refractivity contribution >= 4 is 16.8 Å². The van der Waals surface area contributed by atoms with Gasteiger partial charge in [0.25, 0.3) is 0 Å². The Balaban J connectivity index is 0. The summed E-state index contributed by atoms with van der Waals surface area (Å²) in [5.74, 6) is 0. The summed E-state index contributed by atoms with van der Waals surface area (Å²) in [6.45, 7) is 0. The maximum absolute atomic E-state index is 10.4. The van der Waals surface area contributed by atoms with E-state index in [4.69, 9.17) is 10.3 Å². The molecule has 0 aliphatic heterocycles. The van der Waals surface area contributed by atoms with Gasteiger partial charge in [-0.2, -0.15) is 0 Å². The Morgan fingerprint density at radius 1 is 1.36 bits per heavy atom. The number of hydrogen-bond acceptors (Lipinski definition) is 2. The molecular formula is C6H8NNaO2S. The minimum atomic E-state index is -1.89. The fourth-order valence-electron chi connectivity index (χ4n) is 0.584. The van der Waals surface area contributed by atoms with Gasteiger partial charge in [-0.25, -0.2) is 4.21 Å². The number of benzene rings is 1. The van der Waals surface area contributed by atoms with Gasteiger partial charge in [0.05, 0.1) is 4.90 Å². The van der Waals surface area contributed by atoms with Gasteiger partial charge in [-0.1, -0.05) is 0 Å². The second-order valence-corrected chi connectivity index (χ2v) is 2.79. The first kappa shape index (κ1) is 11.1. The molecule has 3 nitrogen and oxygen atoms in total. The molecule has 0 amide bonds. The van der Waals surface area contributed by atoms with Crippen LogP contribution in [0.4, 0.5) is 5.69 Å². The predicted molar refractivity (Wildman–Crippen MR) is 41.0 cm³/mol. The average Bonchev–Trinajstić information content (AvgIpc) is 1.88. The summed E-state index contributed by atoms with van der Waals surface area (Å²) in [5, 5.41) is 0. The summed E-state index contributed by atoms with van der Waals surface area (Å²) in [6.07, 6.45) is 0. The maximum Gasteiger partial charge on any atom is 1.00 e. The Kier molecular flexibility index (Phi) is 4.96. The van der Waals surface area contributed by atoms with Crippen molar-refractivity contribution in [2.24, 2.45) is 0 Å². The second kappa shape index (κ2) is 4.90. The minimum absolute atomic E-state index is 0. The summed E-state index contributed by atoms with van der Waals surface area (Å²) in [7, 11) is 0. The zero-order chi connectivity index (χ0) is 7.56. The molecule has 1 unspecified atom stereocenters. The van der Waals surface area contributed by atoms with Crippen LogP contribution in [0.1, 0.15) is 1.43 Å². The molecule has 3 N–H and O–H groups in total. The SMILES string of the molecule is Nc1ccc(S(=O)O)cc1.[H-].[Na+]. The maximum atomic E-state index is 10.4. The van der Waals surface area contributed by atoms with Gasteiger partial charge in [0.2, 0.25) is 0 Å². The van der Waals surface area contributed by atoms with Crippen molar-refractivity contribution in [1.82, 2.24) is 0 Å². The van der Waals surface area contributed by atoms with Crippen LogP contribution in [0, 0.1) is 0 Å². The first-order valence-corrected chi connectivity index (χ1v) is 3.77. The van der Waals surface area contributed by atoms with Crippen LogP contribution in [0.2, 0.25) is 0 Å². The molecule has 1 aromatic carbocycles. The molecule has 0 saturated carbocycles. The van der Waals surface area contributed by atoms with E-state index in [0.29, 0.717) is 10.6 Å². The van der Waals surface area contributed by atoms with Gasteiger partial charge in [-0.15, -0.1) is 0 Å². The summed E-state index contributed by atoms with van der Waals surface area (Å²) < 4.78 is 18.9. The average molecular weight is 181 g/mol. The van der Waals surface area contributed by atoms with Gasteiger partial charge < -0.3 is 11.7 Å². The summed E-state index contributed by atoms with van der Waals surface area (Å²) in [6, 6.07) is 6.21. The van der Waals surface area contributed by atoms with Gasteiger partial charge in [-0.3, -0.25) is 0 Å². The molecule has 0 aliphatic carbocycles. The molecule has 1 aromatic rings. The van der Waals surface area contributed by atoms with Gasteiger partial charge >= 0.3 is 29.6 Å². The molecule has 0 radical (unpaired) electrons. The van der Waals surface area contributed by atoms with Crippen LogP contribution in [-0.2, 0) is 11.1 Å². The Labute approximate surface area is 91.0 Å². The fourth-order valence-corrected chi connectivity index (χ4v) is 0.953. The van der Waals surface area contributed by atoms with Crippen molar-refractivity contribution in [2.75, 3.05) is 5.73 Å². The Hall–Kier alpha value is 0.130. The zero-order valence-electron chi connectivity index (χ0n) is 7.15. The van der Waals surface area contributed by atoms with E-state index in [9.17, 15) is 4.21 Å². The monoisotopic (exact) mass is 181 g/mol. The van der Waals surface area contributed by atoms with Crippen LogP contribution in [0.5, 0.6) is 0 Å². The standard InChI is InChI=1S/C6H7NO2S.Na.H/c7-5-1-3-6(4-2-5)10(8)9;;/h1-4H,7H2,(H,8,9);;/q;+1;-1. The molecule has 0 bridgehead atoms. The first-order valence-electron chi connectivity index (χ1n) is 2.66. The third-order valence-electron chi connectivity index (χ3n) is 1.08. The van der Waals surface area contributed by atoms with E-state index in [2.05, 4.69) is 0 Å². The minimum Gasteiger partial charge on any atom is -1.00 e. The normalized spacial score (nSPS) is 11.7. The third-order valence-corrected chi connectivity index (χ3v) is 1.76. The van der Waals surface area contributed by atoms with Crippen molar-refractivity contribution in [2.45, 2.75) is 4.90 Å². The van der Waals surface area contributed by atoms with Crippen molar-refractivity contribution < 1.29 is 39.7 Å². The number of rotatable bonds is 1. The number of nitrogen functional groups attached to an aromatic ring is 1. The third kappa shape index (κ3) is 3.35.